The van der Waals surface area contributed by atoms with Gasteiger partial charge in [0.25, 0.3) is 5.91 Å². The Balaban J connectivity index is 1.83. The van der Waals surface area contributed by atoms with Crippen LogP contribution in [0.25, 0.3) is 0 Å². The lowest BCUT2D eigenvalue weighted by molar-refractivity contribution is 0.0600. The molecule has 0 spiro atoms. The number of carbonyl (C=O) groups excluding carboxylic acids is 2. The first-order chi connectivity index (χ1) is 14.3. The number of halogens is 2. The van der Waals surface area contributed by atoms with Gasteiger partial charge in [-0.15, -0.1) is 5.10 Å². The number of rotatable bonds is 6. The molecule has 0 aliphatic carbocycles. The van der Waals surface area contributed by atoms with E-state index in [0.717, 1.165) is 5.56 Å². The molecule has 0 unspecified atom stereocenters. The first-order valence-corrected chi connectivity index (χ1v) is 9.51. The Kier molecular flexibility index (Phi) is 6.59. The first-order valence-electron chi connectivity index (χ1n) is 8.75. The maximum Gasteiger partial charge on any atom is 0.337 e. The molecular formula is C20H18Cl2N4O4. The van der Waals surface area contributed by atoms with Crippen LogP contribution in [0, 0.1) is 6.92 Å². The molecule has 0 saturated carbocycles. The Bertz CT molecular complexity index is 1110. The summed E-state index contributed by atoms with van der Waals surface area (Å²) in [5, 5.41) is 11.6. The van der Waals surface area contributed by atoms with E-state index in [2.05, 4.69) is 15.6 Å². The minimum Gasteiger partial charge on any atom is -0.495 e. The molecule has 0 radical (unpaired) electrons. The normalized spacial score (nSPS) is 10.6. The smallest absolute Gasteiger partial charge is 0.337 e. The molecule has 0 saturated heterocycles. The zero-order valence-electron chi connectivity index (χ0n) is 16.4. The molecule has 1 N–H and O–H groups in total. The summed E-state index contributed by atoms with van der Waals surface area (Å²) in [4.78, 5) is 24.6. The van der Waals surface area contributed by atoms with Gasteiger partial charge in [-0.25, -0.2) is 9.48 Å². The molecule has 0 fully saturated rings. The standard InChI is InChI=1S/C20H18Cl2N4O4/c1-11-18(24-25-26(11)10-12-4-6-14(21)15(22)8-12)19(27)23-16-9-13(20(28)30-3)5-7-17(16)29-2/h4-9H,10H2,1-3H3,(H,23,27). The van der Waals surface area contributed by atoms with Crippen LogP contribution in [0.4, 0.5) is 5.69 Å². The lowest BCUT2D eigenvalue weighted by Crippen LogP contribution is -2.16. The molecule has 1 heterocycles. The summed E-state index contributed by atoms with van der Waals surface area (Å²) < 4.78 is 11.5. The molecular weight excluding hydrogens is 431 g/mol. The monoisotopic (exact) mass is 448 g/mol. The summed E-state index contributed by atoms with van der Waals surface area (Å²) in [5.41, 5.74) is 2.14. The third kappa shape index (κ3) is 4.55. The lowest BCUT2D eigenvalue weighted by atomic mass is 10.1. The van der Waals surface area contributed by atoms with Crippen LogP contribution >= 0.6 is 23.2 Å². The van der Waals surface area contributed by atoms with Crippen LogP contribution in [-0.2, 0) is 11.3 Å². The van der Waals surface area contributed by atoms with E-state index in [0.29, 0.717) is 33.7 Å². The first kappa shape index (κ1) is 21.6. The van der Waals surface area contributed by atoms with Crippen LogP contribution < -0.4 is 10.1 Å². The van der Waals surface area contributed by atoms with Crippen molar-refractivity contribution in [1.29, 1.82) is 0 Å². The van der Waals surface area contributed by atoms with Gasteiger partial charge in [0.2, 0.25) is 0 Å². The third-order valence-corrected chi connectivity index (χ3v) is 5.12. The molecule has 0 bridgehead atoms. The Hall–Kier alpha value is -3.10. The van der Waals surface area contributed by atoms with Crippen molar-refractivity contribution in [3.8, 4) is 5.75 Å². The lowest BCUT2D eigenvalue weighted by Gasteiger charge is -2.11. The van der Waals surface area contributed by atoms with Gasteiger partial charge in [0.1, 0.15) is 5.75 Å². The van der Waals surface area contributed by atoms with Gasteiger partial charge >= 0.3 is 5.97 Å². The summed E-state index contributed by atoms with van der Waals surface area (Å²) in [6.07, 6.45) is 0. The summed E-state index contributed by atoms with van der Waals surface area (Å²) in [6, 6.07) is 9.82. The Morgan fingerprint density at radius 3 is 2.53 bits per heavy atom. The molecule has 0 aliphatic rings. The van der Waals surface area contributed by atoms with E-state index in [1.807, 2.05) is 6.07 Å². The minimum atomic E-state index is -0.531. The highest BCUT2D eigenvalue weighted by molar-refractivity contribution is 6.42. The highest BCUT2D eigenvalue weighted by Crippen LogP contribution is 2.27. The quantitative estimate of drug-likeness (QED) is 0.572. The van der Waals surface area contributed by atoms with Gasteiger partial charge in [0, 0.05) is 0 Å². The molecule has 0 atom stereocenters. The number of hydrogen-bond donors (Lipinski definition) is 1. The van der Waals surface area contributed by atoms with Crippen LogP contribution in [0.15, 0.2) is 36.4 Å². The maximum atomic E-state index is 12.8. The van der Waals surface area contributed by atoms with Crippen molar-refractivity contribution < 1.29 is 19.1 Å². The molecule has 3 aromatic rings. The van der Waals surface area contributed by atoms with Gasteiger partial charge in [-0.05, 0) is 42.8 Å². The van der Waals surface area contributed by atoms with Crippen molar-refractivity contribution in [3.05, 3.63) is 69.0 Å². The topological polar surface area (TPSA) is 95.3 Å². The summed E-state index contributed by atoms with van der Waals surface area (Å²) >= 11 is 12.0. The predicted molar refractivity (Wildman–Crippen MR) is 113 cm³/mol. The van der Waals surface area contributed by atoms with E-state index < -0.39 is 11.9 Å². The number of carbonyl (C=O) groups is 2. The molecule has 10 heteroatoms. The average molecular weight is 449 g/mol. The zero-order valence-corrected chi connectivity index (χ0v) is 17.9. The maximum absolute atomic E-state index is 12.8. The second kappa shape index (κ2) is 9.15. The molecule has 0 aliphatic heterocycles. The van der Waals surface area contributed by atoms with Crippen molar-refractivity contribution in [2.75, 3.05) is 19.5 Å². The molecule has 2 aromatic carbocycles. The summed E-state index contributed by atoms with van der Waals surface area (Å²) in [5.74, 6) is -0.637. The highest BCUT2D eigenvalue weighted by Gasteiger charge is 2.19. The van der Waals surface area contributed by atoms with Crippen molar-refractivity contribution in [1.82, 2.24) is 15.0 Å². The Labute approximate surface area is 182 Å². The summed E-state index contributed by atoms with van der Waals surface area (Å²) in [7, 11) is 2.74. The number of amides is 1. The van der Waals surface area contributed by atoms with Crippen LogP contribution in [0.3, 0.4) is 0 Å². The van der Waals surface area contributed by atoms with Crippen LogP contribution in [-0.4, -0.2) is 41.1 Å². The fourth-order valence-corrected chi connectivity index (χ4v) is 3.08. The Morgan fingerprint density at radius 1 is 1.10 bits per heavy atom. The predicted octanol–water partition coefficient (Wildman–Crippen LogP) is 3.99. The second-order valence-electron chi connectivity index (χ2n) is 6.29. The average Bonchev–Trinajstić information content (AvgIpc) is 3.10. The second-order valence-corrected chi connectivity index (χ2v) is 7.10. The SMILES string of the molecule is COC(=O)c1ccc(OC)c(NC(=O)c2nnn(Cc3ccc(Cl)c(Cl)c3)c2C)c1. The number of aromatic nitrogens is 3. The largest absolute Gasteiger partial charge is 0.495 e. The van der Waals surface area contributed by atoms with E-state index in [9.17, 15) is 9.59 Å². The summed E-state index contributed by atoms with van der Waals surface area (Å²) in [6.45, 7) is 2.10. The molecule has 8 nitrogen and oxygen atoms in total. The molecule has 30 heavy (non-hydrogen) atoms. The molecule has 1 amide bonds. The van der Waals surface area contributed by atoms with E-state index >= 15 is 0 Å². The van der Waals surface area contributed by atoms with Gasteiger partial charge in [-0.3, -0.25) is 4.79 Å². The number of methoxy groups -OCH3 is 2. The zero-order chi connectivity index (χ0) is 21.8. The van der Waals surface area contributed by atoms with Gasteiger partial charge in [-0.2, -0.15) is 0 Å². The van der Waals surface area contributed by atoms with Gasteiger partial charge in [-0.1, -0.05) is 34.5 Å². The number of hydrogen-bond acceptors (Lipinski definition) is 6. The van der Waals surface area contributed by atoms with Crippen molar-refractivity contribution in [3.63, 3.8) is 0 Å². The number of nitrogens with zero attached hydrogens (tertiary/aromatic N) is 3. The Morgan fingerprint density at radius 2 is 1.87 bits per heavy atom. The van der Waals surface area contributed by atoms with Crippen molar-refractivity contribution >= 4 is 40.8 Å². The number of benzene rings is 2. The van der Waals surface area contributed by atoms with E-state index in [1.165, 1.54) is 20.3 Å². The van der Waals surface area contributed by atoms with Crippen LogP contribution in [0.2, 0.25) is 10.0 Å². The third-order valence-electron chi connectivity index (χ3n) is 4.38. The van der Waals surface area contributed by atoms with Crippen LogP contribution in [0.5, 0.6) is 5.75 Å². The van der Waals surface area contributed by atoms with E-state index in [1.54, 1.807) is 35.9 Å². The van der Waals surface area contributed by atoms with Crippen molar-refractivity contribution in [2.24, 2.45) is 0 Å². The van der Waals surface area contributed by atoms with Crippen LogP contribution in [0.1, 0.15) is 32.1 Å². The fourth-order valence-electron chi connectivity index (χ4n) is 2.76. The van der Waals surface area contributed by atoms with E-state index in [-0.39, 0.29) is 11.3 Å². The molecule has 1 aromatic heterocycles. The molecule has 156 valence electrons. The van der Waals surface area contributed by atoms with E-state index in [4.69, 9.17) is 32.7 Å². The fraction of sp³-hybridized carbons (Fsp3) is 0.200. The molecule has 3 rings (SSSR count). The number of anilines is 1. The van der Waals surface area contributed by atoms with Gasteiger partial charge in [0.05, 0.1) is 47.8 Å². The number of ether oxygens (including phenoxy) is 2. The van der Waals surface area contributed by atoms with Crippen molar-refractivity contribution in [2.45, 2.75) is 13.5 Å². The van der Waals surface area contributed by atoms with Gasteiger partial charge < -0.3 is 14.8 Å². The number of esters is 1. The number of nitrogens with one attached hydrogen (secondary N) is 1. The highest BCUT2D eigenvalue weighted by atomic mass is 35.5. The minimum absolute atomic E-state index is 0.139. The van der Waals surface area contributed by atoms with Gasteiger partial charge in [0.15, 0.2) is 5.69 Å².